The number of carbonyl (C=O) groups excluding carboxylic acids is 8. The van der Waals surface area contributed by atoms with Gasteiger partial charge in [0.05, 0.1) is 12.6 Å². The van der Waals surface area contributed by atoms with Gasteiger partial charge in [0.2, 0.25) is 47.3 Å². The monoisotopic (exact) mass is 1130 g/mol. The molecule has 0 aliphatic heterocycles. The number of guanidine groups is 1. The average molecular weight is 1130 g/mol. The van der Waals surface area contributed by atoms with Crippen LogP contribution in [0, 0.1) is 5.92 Å². The molecule has 430 valence electrons. The van der Waals surface area contributed by atoms with E-state index < -0.39 is 108 Å². The van der Waals surface area contributed by atoms with Crippen LogP contribution in [0.4, 0.5) is 0 Å². The van der Waals surface area contributed by atoms with Gasteiger partial charge in [-0.25, -0.2) is 4.79 Å². The molecule has 0 bridgehead atoms. The number of hydrogen-bond acceptors (Lipinski definition) is 15. The van der Waals surface area contributed by atoms with Gasteiger partial charge in [-0.05, 0) is 99.2 Å². The number of hydrogen-bond donors (Lipinski definition) is 16. The Balaban J connectivity index is 1.66. The highest BCUT2D eigenvalue weighted by molar-refractivity contribution is 7.98. The average Bonchev–Trinajstić information content (AvgIpc) is 3.81. The van der Waals surface area contributed by atoms with E-state index in [2.05, 4.69) is 65.1 Å². The zero-order chi connectivity index (χ0) is 57.9. The van der Waals surface area contributed by atoms with Crippen molar-refractivity contribution >= 4 is 94.5 Å². The highest BCUT2D eigenvalue weighted by Crippen LogP contribution is 2.20. The van der Waals surface area contributed by atoms with Crippen molar-refractivity contribution in [3.63, 3.8) is 0 Å². The molecule has 2 aromatic carbocycles. The van der Waals surface area contributed by atoms with Crippen LogP contribution in [0.5, 0.6) is 5.75 Å². The number of nitrogens with one attached hydrogen (secondary N) is 9. The molecule has 78 heavy (non-hydrogen) atoms. The van der Waals surface area contributed by atoms with Gasteiger partial charge in [0, 0.05) is 42.2 Å². The highest BCUT2D eigenvalue weighted by Gasteiger charge is 2.33. The van der Waals surface area contributed by atoms with Gasteiger partial charge in [-0.15, -0.1) is 0 Å². The van der Waals surface area contributed by atoms with E-state index in [0.29, 0.717) is 42.7 Å². The number of aromatic hydroxyl groups is 1. The van der Waals surface area contributed by atoms with Crippen molar-refractivity contribution in [2.24, 2.45) is 33.8 Å². The molecular weight excluding hydrogens is 1050 g/mol. The smallest absolute Gasteiger partial charge is 0.326 e. The number of benzene rings is 2. The molecule has 27 heteroatoms. The van der Waals surface area contributed by atoms with Crippen LogP contribution >= 0.6 is 24.4 Å². The molecule has 1 heterocycles. The van der Waals surface area contributed by atoms with Crippen molar-refractivity contribution < 1.29 is 53.4 Å². The van der Waals surface area contributed by atoms with Gasteiger partial charge in [0.15, 0.2) is 5.96 Å². The predicted octanol–water partition coefficient (Wildman–Crippen LogP) is -1.49. The van der Waals surface area contributed by atoms with Crippen molar-refractivity contribution in [3.8, 4) is 5.75 Å². The quantitative estimate of drug-likeness (QED) is 0.0138. The van der Waals surface area contributed by atoms with Gasteiger partial charge in [0.1, 0.15) is 48.0 Å². The molecule has 0 fully saturated rings. The Morgan fingerprint density at radius 1 is 0.679 bits per heavy atom. The molecule has 0 aliphatic carbocycles. The summed E-state index contributed by atoms with van der Waals surface area (Å²) in [6.07, 6.45) is 5.37. The third-order valence-corrected chi connectivity index (χ3v) is 13.2. The molecule has 1 aromatic heterocycles. The lowest BCUT2D eigenvalue weighted by Crippen LogP contribution is -2.60. The van der Waals surface area contributed by atoms with Crippen molar-refractivity contribution in [2.45, 2.75) is 127 Å². The third-order valence-electron chi connectivity index (χ3n) is 12.2. The summed E-state index contributed by atoms with van der Waals surface area (Å²) in [5.74, 6) is -7.53. The molecule has 25 nitrogen and oxygen atoms in total. The van der Waals surface area contributed by atoms with Crippen LogP contribution in [0.2, 0.25) is 0 Å². The third kappa shape index (κ3) is 22.9. The number of phenols is 1. The molecule has 0 saturated heterocycles. The number of carbonyl (C=O) groups is 9. The molecule has 8 atom stereocenters. The summed E-state index contributed by atoms with van der Waals surface area (Å²) in [5, 5.41) is 41.3. The van der Waals surface area contributed by atoms with Gasteiger partial charge in [-0.3, -0.25) is 43.3 Å². The number of phenolic OH excluding ortho intramolecular Hbond substituents is 1. The van der Waals surface area contributed by atoms with Crippen molar-refractivity contribution in [1.29, 1.82) is 0 Å². The summed E-state index contributed by atoms with van der Waals surface area (Å²) < 4.78 is 0. The lowest BCUT2D eigenvalue weighted by atomic mass is 10.0. The number of fused-ring (bicyclic) bond motifs is 1. The number of para-hydroxylation sites is 1. The Bertz CT molecular complexity index is 2510. The summed E-state index contributed by atoms with van der Waals surface area (Å²) in [6, 6.07) is 3.52. The van der Waals surface area contributed by atoms with Gasteiger partial charge < -0.3 is 80.7 Å². The molecular formula is C51H78N14O11S2. The lowest BCUT2D eigenvalue weighted by Gasteiger charge is -2.27. The number of aromatic amines is 1. The van der Waals surface area contributed by atoms with E-state index in [-0.39, 0.29) is 68.4 Å². The molecule has 0 radical (unpaired) electrons. The number of rotatable bonds is 35. The van der Waals surface area contributed by atoms with Gasteiger partial charge >= 0.3 is 5.97 Å². The Morgan fingerprint density at radius 3 is 1.90 bits per heavy atom. The molecule has 19 N–H and O–H groups in total. The predicted molar refractivity (Wildman–Crippen MR) is 301 cm³/mol. The maximum atomic E-state index is 14.0. The van der Waals surface area contributed by atoms with Gasteiger partial charge in [-0.2, -0.15) is 24.4 Å². The topological polar surface area (TPSA) is 423 Å². The van der Waals surface area contributed by atoms with Crippen LogP contribution in [-0.4, -0.2) is 160 Å². The number of aliphatic imine (C=N–C) groups is 1. The van der Waals surface area contributed by atoms with Crippen molar-refractivity contribution in [3.05, 3.63) is 65.9 Å². The molecule has 0 unspecified atom stereocenters. The van der Waals surface area contributed by atoms with Crippen LogP contribution < -0.4 is 65.5 Å². The number of nitrogens with two attached hydrogens (primary N) is 4. The van der Waals surface area contributed by atoms with Crippen LogP contribution in [0.3, 0.4) is 0 Å². The summed E-state index contributed by atoms with van der Waals surface area (Å²) in [5.41, 5.74) is 24.6. The van der Waals surface area contributed by atoms with E-state index in [1.807, 2.05) is 38.3 Å². The fourth-order valence-corrected chi connectivity index (χ4v) is 8.65. The Morgan fingerprint density at radius 2 is 1.27 bits per heavy atom. The molecule has 3 aromatic rings. The molecule has 0 aliphatic rings. The zero-order valence-electron chi connectivity index (χ0n) is 44.5. The Labute approximate surface area is 463 Å². The van der Waals surface area contributed by atoms with E-state index in [1.165, 1.54) is 30.8 Å². The first-order chi connectivity index (χ1) is 37.1. The Hall–Kier alpha value is -7.10. The minimum Gasteiger partial charge on any atom is -0.508 e. The van der Waals surface area contributed by atoms with Crippen molar-refractivity contribution in [1.82, 2.24) is 47.5 Å². The summed E-state index contributed by atoms with van der Waals surface area (Å²) in [4.78, 5) is 128. The molecule has 0 spiro atoms. The minimum absolute atomic E-state index is 0.00221. The number of carboxylic acids is 1. The first-order valence-electron chi connectivity index (χ1n) is 25.6. The van der Waals surface area contributed by atoms with Gasteiger partial charge in [0.25, 0.3) is 0 Å². The SMILES string of the molecule is CSCC[C@H](NC(=O)[C@H](Cc1ccc(O)cc1)NC(=O)[C@@H](N)CCCCN)C(=O)N[C@@H](CC(C)C)C(=O)N[C@@H](CS)C(=O)N[C@@H](C)C(=O)NCC(=O)N[C@@H](CCCN=C(N)N)C(=O)N[C@@H](Cc1c[nH]c2ccccc12)C(=O)O. The van der Waals surface area contributed by atoms with E-state index in [1.54, 1.807) is 24.4 Å². The number of aliphatic carboxylic acids is 1. The van der Waals surface area contributed by atoms with E-state index in [4.69, 9.17) is 22.9 Å². The van der Waals surface area contributed by atoms with Crippen LogP contribution in [-0.2, 0) is 56.0 Å². The standard InChI is InChI=1S/C51H78N14O11S2/c1-28(2)22-38(63-46(71)37(18-21-78-4)61-48(73)39(23-30-14-16-32(66)17-15-30)62-44(69)34(53)11-7-8-19-52)47(72)65-41(27-77)49(74)59-29(3)43(68)58-26-42(67)60-36(13-9-20-56-51(54)55)45(70)64-40(50(75)76)24-31-25-57-35-12-6-5-10-33(31)35/h5-6,10,12,14-17,25,28-29,34,36-41,57,66,77H,7-9,11,13,18-24,26-27,52-53H2,1-4H3,(H,58,68)(H,59,74)(H,60,67)(H,61,73)(H,62,69)(H,63,71)(H,64,70)(H,65,72)(H,75,76)(H4,54,55,56)/t29-,34-,36-,37-,38-,39-,40-,41-/m0/s1. The summed E-state index contributed by atoms with van der Waals surface area (Å²) >= 11 is 5.66. The number of amides is 8. The summed E-state index contributed by atoms with van der Waals surface area (Å²) in [7, 11) is 0. The molecule has 8 amide bonds. The second kappa shape index (κ2) is 33.9. The number of carboxylic acid groups (broad SMARTS) is 1. The first-order valence-corrected chi connectivity index (χ1v) is 27.7. The van der Waals surface area contributed by atoms with E-state index >= 15 is 0 Å². The number of H-pyrrole nitrogens is 1. The maximum absolute atomic E-state index is 14.0. The number of aromatic nitrogens is 1. The first kappa shape index (κ1) is 65.2. The highest BCUT2D eigenvalue weighted by atomic mass is 32.2. The Kier molecular flexibility index (Phi) is 28.4. The number of thiol groups is 1. The van der Waals surface area contributed by atoms with E-state index in [0.717, 1.165) is 10.9 Å². The number of unbranched alkanes of at least 4 members (excludes halogenated alkanes) is 1. The fourth-order valence-electron chi connectivity index (χ4n) is 7.92. The second-order valence-corrected chi connectivity index (χ2v) is 20.4. The second-order valence-electron chi connectivity index (χ2n) is 19.1. The minimum atomic E-state index is -1.38. The molecule has 3 rings (SSSR count). The zero-order valence-corrected chi connectivity index (χ0v) is 46.2. The van der Waals surface area contributed by atoms with Gasteiger partial charge in [-0.1, -0.05) is 50.6 Å². The van der Waals surface area contributed by atoms with Crippen LogP contribution in [0.1, 0.15) is 76.8 Å². The fraction of sp³-hybridized carbons (Fsp3) is 0.529. The normalized spacial score (nSPS) is 14.2. The maximum Gasteiger partial charge on any atom is 0.326 e. The lowest BCUT2D eigenvalue weighted by molar-refractivity contribution is -0.142. The van der Waals surface area contributed by atoms with E-state index in [9.17, 15) is 53.4 Å². The summed E-state index contributed by atoms with van der Waals surface area (Å²) in [6.45, 7) is 4.80. The molecule has 0 saturated carbocycles. The number of thioether (sulfide) groups is 1. The van der Waals surface area contributed by atoms with Crippen LogP contribution in [0.15, 0.2) is 59.7 Å². The number of nitrogens with zero attached hydrogens (tertiary/aromatic N) is 1. The van der Waals surface area contributed by atoms with Crippen molar-refractivity contribution in [2.75, 3.05) is 37.4 Å². The van der Waals surface area contributed by atoms with Crippen LogP contribution in [0.25, 0.3) is 10.9 Å². The largest absolute Gasteiger partial charge is 0.508 e.